The van der Waals surface area contributed by atoms with E-state index in [9.17, 15) is 4.79 Å². The van der Waals surface area contributed by atoms with Crippen LogP contribution in [0.3, 0.4) is 0 Å². The Hall–Kier alpha value is -1.35. The SMILES string of the molecule is CC1CN(C(=O)C2(c3ccccc3)CCCC2)CCCN1. The molecule has 3 rings (SSSR count). The average Bonchev–Trinajstić information content (AvgIpc) is 2.92. The Bertz CT molecular complexity index is 479. The minimum atomic E-state index is -0.259. The van der Waals surface area contributed by atoms with Crippen LogP contribution < -0.4 is 5.32 Å². The van der Waals surface area contributed by atoms with Crippen molar-refractivity contribution >= 4 is 5.91 Å². The second-order valence-electron chi connectivity index (χ2n) is 6.62. The van der Waals surface area contributed by atoms with Crippen LogP contribution in [0.2, 0.25) is 0 Å². The highest BCUT2D eigenvalue weighted by Crippen LogP contribution is 2.42. The summed E-state index contributed by atoms with van der Waals surface area (Å²) in [5, 5.41) is 3.48. The molecule has 1 amide bonds. The van der Waals surface area contributed by atoms with Gasteiger partial charge in [0.1, 0.15) is 0 Å². The van der Waals surface area contributed by atoms with Crippen molar-refractivity contribution in [1.29, 1.82) is 0 Å². The summed E-state index contributed by atoms with van der Waals surface area (Å²) in [5.74, 6) is 0.363. The fourth-order valence-corrected chi connectivity index (χ4v) is 3.95. The molecule has 0 spiro atoms. The van der Waals surface area contributed by atoms with Gasteiger partial charge in [-0.15, -0.1) is 0 Å². The number of nitrogens with one attached hydrogen (secondary N) is 1. The van der Waals surface area contributed by atoms with Crippen molar-refractivity contribution in [3.05, 3.63) is 35.9 Å². The quantitative estimate of drug-likeness (QED) is 0.906. The molecule has 1 saturated heterocycles. The zero-order chi connectivity index (χ0) is 14.7. The first-order chi connectivity index (χ1) is 10.2. The summed E-state index contributed by atoms with van der Waals surface area (Å²) in [6, 6.07) is 10.8. The smallest absolute Gasteiger partial charge is 0.233 e. The van der Waals surface area contributed by atoms with Crippen molar-refractivity contribution in [2.45, 2.75) is 50.5 Å². The first-order valence-electron chi connectivity index (χ1n) is 8.31. The fourth-order valence-electron chi connectivity index (χ4n) is 3.95. The summed E-state index contributed by atoms with van der Waals surface area (Å²) in [7, 11) is 0. The van der Waals surface area contributed by atoms with Crippen LogP contribution in [-0.2, 0) is 10.2 Å². The molecule has 3 nitrogen and oxygen atoms in total. The molecule has 1 aliphatic carbocycles. The maximum Gasteiger partial charge on any atom is 0.233 e. The molecule has 1 aliphatic heterocycles. The van der Waals surface area contributed by atoms with E-state index in [1.54, 1.807) is 0 Å². The van der Waals surface area contributed by atoms with Gasteiger partial charge in [0.2, 0.25) is 5.91 Å². The molecule has 1 unspecified atom stereocenters. The van der Waals surface area contributed by atoms with E-state index in [2.05, 4.69) is 41.4 Å². The third-order valence-corrected chi connectivity index (χ3v) is 5.07. The summed E-state index contributed by atoms with van der Waals surface area (Å²) < 4.78 is 0. The van der Waals surface area contributed by atoms with E-state index < -0.39 is 0 Å². The van der Waals surface area contributed by atoms with Crippen LogP contribution in [0.25, 0.3) is 0 Å². The van der Waals surface area contributed by atoms with Crippen molar-refractivity contribution in [2.24, 2.45) is 0 Å². The van der Waals surface area contributed by atoms with Gasteiger partial charge in [0, 0.05) is 19.1 Å². The Morgan fingerprint density at radius 1 is 1.19 bits per heavy atom. The van der Waals surface area contributed by atoms with E-state index in [0.29, 0.717) is 11.9 Å². The van der Waals surface area contributed by atoms with Gasteiger partial charge < -0.3 is 10.2 Å². The molecule has 2 fully saturated rings. The second kappa shape index (κ2) is 6.18. The minimum absolute atomic E-state index is 0.259. The van der Waals surface area contributed by atoms with Crippen molar-refractivity contribution in [2.75, 3.05) is 19.6 Å². The summed E-state index contributed by atoms with van der Waals surface area (Å²) in [4.78, 5) is 15.4. The molecule has 2 aliphatic rings. The van der Waals surface area contributed by atoms with Gasteiger partial charge in [-0.25, -0.2) is 0 Å². The lowest BCUT2D eigenvalue weighted by Gasteiger charge is -2.35. The van der Waals surface area contributed by atoms with Gasteiger partial charge >= 0.3 is 0 Å². The number of hydrogen-bond acceptors (Lipinski definition) is 2. The molecular formula is C18H26N2O. The first kappa shape index (κ1) is 14.6. The molecule has 1 aromatic carbocycles. The third kappa shape index (κ3) is 2.84. The van der Waals surface area contributed by atoms with Gasteiger partial charge in [-0.05, 0) is 38.3 Å². The number of rotatable bonds is 2. The van der Waals surface area contributed by atoms with Gasteiger partial charge in [-0.1, -0.05) is 43.2 Å². The Kier molecular flexibility index (Phi) is 4.29. The lowest BCUT2D eigenvalue weighted by atomic mass is 9.77. The summed E-state index contributed by atoms with van der Waals surface area (Å²) >= 11 is 0. The molecule has 21 heavy (non-hydrogen) atoms. The van der Waals surface area contributed by atoms with Crippen LogP contribution in [-0.4, -0.2) is 36.5 Å². The van der Waals surface area contributed by atoms with E-state index >= 15 is 0 Å². The normalized spacial score (nSPS) is 25.6. The molecule has 0 bridgehead atoms. The lowest BCUT2D eigenvalue weighted by Crippen LogP contribution is -2.48. The fraction of sp³-hybridized carbons (Fsp3) is 0.611. The summed E-state index contributed by atoms with van der Waals surface area (Å²) in [6.07, 6.45) is 5.41. The molecule has 1 N–H and O–H groups in total. The predicted octanol–water partition coefficient (Wildman–Crippen LogP) is 2.71. The second-order valence-corrected chi connectivity index (χ2v) is 6.62. The predicted molar refractivity (Wildman–Crippen MR) is 85.2 cm³/mol. The van der Waals surface area contributed by atoms with Crippen LogP contribution >= 0.6 is 0 Å². The Morgan fingerprint density at radius 2 is 1.90 bits per heavy atom. The van der Waals surface area contributed by atoms with Crippen LogP contribution in [0.1, 0.15) is 44.6 Å². The van der Waals surface area contributed by atoms with Gasteiger partial charge in [0.25, 0.3) is 0 Å². The Labute approximate surface area is 127 Å². The van der Waals surface area contributed by atoms with Gasteiger partial charge in [-0.2, -0.15) is 0 Å². The van der Waals surface area contributed by atoms with Crippen LogP contribution in [0.5, 0.6) is 0 Å². The molecule has 114 valence electrons. The number of nitrogens with zero attached hydrogens (tertiary/aromatic N) is 1. The number of benzene rings is 1. The highest BCUT2D eigenvalue weighted by molar-refractivity contribution is 5.88. The Balaban J connectivity index is 1.88. The number of hydrogen-bond donors (Lipinski definition) is 1. The highest BCUT2D eigenvalue weighted by atomic mass is 16.2. The largest absolute Gasteiger partial charge is 0.340 e. The monoisotopic (exact) mass is 286 g/mol. The Morgan fingerprint density at radius 3 is 2.62 bits per heavy atom. The summed E-state index contributed by atoms with van der Waals surface area (Å²) in [5.41, 5.74) is 0.961. The minimum Gasteiger partial charge on any atom is -0.340 e. The van der Waals surface area contributed by atoms with Crippen molar-refractivity contribution in [1.82, 2.24) is 10.2 Å². The zero-order valence-corrected chi connectivity index (χ0v) is 13.0. The number of amides is 1. The first-order valence-corrected chi connectivity index (χ1v) is 8.31. The van der Waals surface area contributed by atoms with E-state index in [-0.39, 0.29) is 5.41 Å². The molecule has 1 atom stereocenters. The molecule has 0 radical (unpaired) electrons. The maximum absolute atomic E-state index is 13.3. The van der Waals surface area contributed by atoms with Gasteiger partial charge in [0.05, 0.1) is 5.41 Å². The zero-order valence-electron chi connectivity index (χ0n) is 13.0. The summed E-state index contributed by atoms with van der Waals surface area (Å²) in [6.45, 7) is 4.93. The van der Waals surface area contributed by atoms with Crippen LogP contribution in [0.15, 0.2) is 30.3 Å². The van der Waals surface area contributed by atoms with E-state index in [4.69, 9.17) is 0 Å². The van der Waals surface area contributed by atoms with E-state index in [0.717, 1.165) is 38.9 Å². The van der Waals surface area contributed by atoms with Gasteiger partial charge in [0.15, 0.2) is 0 Å². The van der Waals surface area contributed by atoms with Crippen LogP contribution in [0, 0.1) is 0 Å². The average molecular weight is 286 g/mol. The molecule has 1 aromatic rings. The van der Waals surface area contributed by atoms with Crippen molar-refractivity contribution in [3.63, 3.8) is 0 Å². The molecule has 0 aromatic heterocycles. The van der Waals surface area contributed by atoms with Gasteiger partial charge in [-0.3, -0.25) is 4.79 Å². The number of carbonyl (C=O) groups is 1. The maximum atomic E-state index is 13.3. The van der Waals surface area contributed by atoms with Crippen molar-refractivity contribution in [3.8, 4) is 0 Å². The van der Waals surface area contributed by atoms with E-state index in [1.807, 2.05) is 6.07 Å². The lowest BCUT2D eigenvalue weighted by molar-refractivity contribution is -0.137. The topological polar surface area (TPSA) is 32.3 Å². The number of carbonyl (C=O) groups excluding carboxylic acids is 1. The molecule has 1 saturated carbocycles. The molecular weight excluding hydrogens is 260 g/mol. The van der Waals surface area contributed by atoms with Crippen LogP contribution in [0.4, 0.5) is 0 Å². The third-order valence-electron chi connectivity index (χ3n) is 5.07. The standard InChI is InChI=1S/C18H26N2O/c1-15-14-20(13-7-12-19-15)17(21)18(10-5-6-11-18)16-8-3-2-4-9-16/h2-4,8-9,15,19H,5-7,10-14H2,1H3. The van der Waals surface area contributed by atoms with E-state index in [1.165, 1.54) is 18.4 Å². The highest BCUT2D eigenvalue weighted by Gasteiger charge is 2.45. The van der Waals surface area contributed by atoms with Crippen molar-refractivity contribution < 1.29 is 4.79 Å². The molecule has 3 heteroatoms. The molecule has 1 heterocycles.